The lowest BCUT2D eigenvalue weighted by atomic mass is 10.5. The highest BCUT2D eigenvalue weighted by Gasteiger charge is 2.21. The molecule has 0 radical (unpaired) electrons. The SMILES string of the molecule is CO/N=C1\SCC(/C=N/O)S1. The molecule has 62 valence electrons. The fraction of sp³-hybridized carbons (Fsp3) is 0.600. The second kappa shape index (κ2) is 4.50. The van der Waals surface area contributed by atoms with E-state index in [0.717, 1.165) is 10.1 Å². The van der Waals surface area contributed by atoms with Crippen LogP contribution in [0.2, 0.25) is 0 Å². The molecule has 1 unspecified atom stereocenters. The van der Waals surface area contributed by atoms with Crippen LogP contribution in [-0.2, 0) is 4.84 Å². The molecule has 1 aliphatic heterocycles. The summed E-state index contributed by atoms with van der Waals surface area (Å²) in [7, 11) is 1.52. The van der Waals surface area contributed by atoms with Crippen molar-refractivity contribution in [3.8, 4) is 0 Å². The van der Waals surface area contributed by atoms with Gasteiger partial charge in [-0.05, 0) is 0 Å². The Bertz CT molecular complexity index is 183. The summed E-state index contributed by atoms with van der Waals surface area (Å²) >= 11 is 3.14. The van der Waals surface area contributed by atoms with E-state index in [-0.39, 0.29) is 5.25 Å². The van der Waals surface area contributed by atoms with Crippen molar-refractivity contribution in [3.05, 3.63) is 0 Å². The number of hydrogen-bond donors (Lipinski definition) is 1. The molecule has 0 aromatic heterocycles. The van der Waals surface area contributed by atoms with Crippen molar-refractivity contribution in [2.45, 2.75) is 5.25 Å². The molecule has 1 heterocycles. The van der Waals surface area contributed by atoms with Crippen molar-refractivity contribution in [2.24, 2.45) is 10.3 Å². The minimum absolute atomic E-state index is 0.221. The number of thioether (sulfide) groups is 2. The Morgan fingerprint density at radius 1 is 1.82 bits per heavy atom. The second-order valence-electron chi connectivity index (χ2n) is 1.77. The van der Waals surface area contributed by atoms with E-state index in [4.69, 9.17) is 5.21 Å². The molecular weight excluding hydrogens is 184 g/mol. The van der Waals surface area contributed by atoms with Crippen molar-refractivity contribution in [2.75, 3.05) is 12.9 Å². The molecule has 1 N–H and O–H groups in total. The summed E-state index contributed by atoms with van der Waals surface area (Å²) in [4.78, 5) is 4.59. The summed E-state index contributed by atoms with van der Waals surface area (Å²) < 4.78 is 0.886. The molecule has 1 aliphatic rings. The maximum atomic E-state index is 8.22. The zero-order chi connectivity index (χ0) is 8.10. The van der Waals surface area contributed by atoms with Gasteiger partial charge < -0.3 is 10.0 Å². The average Bonchev–Trinajstić information content (AvgIpc) is 2.38. The van der Waals surface area contributed by atoms with Gasteiger partial charge in [0, 0.05) is 5.75 Å². The lowest BCUT2D eigenvalue weighted by Gasteiger charge is -1.93. The molecule has 4 nitrogen and oxygen atoms in total. The summed E-state index contributed by atoms with van der Waals surface area (Å²) in [6, 6.07) is 0. The van der Waals surface area contributed by atoms with Crippen molar-refractivity contribution >= 4 is 34.1 Å². The molecular formula is C5H8N2O2S2. The first-order valence-corrected chi connectivity index (χ1v) is 4.81. The van der Waals surface area contributed by atoms with E-state index in [1.807, 2.05) is 0 Å². The van der Waals surface area contributed by atoms with Crippen LogP contribution in [0.1, 0.15) is 0 Å². The molecule has 0 bridgehead atoms. The third-order valence-electron chi connectivity index (χ3n) is 1.02. The van der Waals surface area contributed by atoms with Crippen molar-refractivity contribution in [3.63, 3.8) is 0 Å². The number of nitrogens with zero attached hydrogens (tertiary/aromatic N) is 2. The quantitative estimate of drug-likeness (QED) is 0.406. The van der Waals surface area contributed by atoms with Crippen LogP contribution < -0.4 is 0 Å². The molecule has 6 heteroatoms. The van der Waals surface area contributed by atoms with Crippen LogP contribution in [0.15, 0.2) is 10.3 Å². The molecule has 1 fully saturated rings. The number of hydrogen-bond acceptors (Lipinski definition) is 6. The van der Waals surface area contributed by atoms with Crippen LogP contribution >= 0.6 is 23.5 Å². The van der Waals surface area contributed by atoms with Gasteiger partial charge in [0.1, 0.15) is 7.11 Å². The van der Waals surface area contributed by atoms with E-state index in [0.29, 0.717) is 0 Å². The topological polar surface area (TPSA) is 54.2 Å². The van der Waals surface area contributed by atoms with E-state index in [1.54, 1.807) is 11.8 Å². The third kappa shape index (κ3) is 2.63. The fourth-order valence-corrected chi connectivity index (χ4v) is 2.96. The van der Waals surface area contributed by atoms with Crippen LogP contribution in [0.3, 0.4) is 0 Å². The van der Waals surface area contributed by atoms with Gasteiger partial charge in [0.15, 0.2) is 4.38 Å². The Morgan fingerprint density at radius 2 is 2.64 bits per heavy atom. The number of oxime groups is 2. The lowest BCUT2D eigenvalue weighted by molar-refractivity contribution is 0.216. The molecule has 0 saturated carbocycles. The first-order valence-electron chi connectivity index (χ1n) is 2.95. The largest absolute Gasteiger partial charge is 0.411 e. The van der Waals surface area contributed by atoms with Gasteiger partial charge in [0.25, 0.3) is 0 Å². The molecule has 0 spiro atoms. The van der Waals surface area contributed by atoms with Gasteiger partial charge >= 0.3 is 0 Å². The summed E-state index contributed by atoms with van der Waals surface area (Å²) in [6.07, 6.45) is 1.50. The molecule has 0 aliphatic carbocycles. The molecule has 0 aromatic carbocycles. The van der Waals surface area contributed by atoms with Crippen LogP contribution in [0.4, 0.5) is 0 Å². The predicted molar refractivity (Wildman–Crippen MR) is 48.6 cm³/mol. The van der Waals surface area contributed by atoms with E-state index >= 15 is 0 Å². The number of rotatable bonds is 2. The van der Waals surface area contributed by atoms with E-state index in [9.17, 15) is 0 Å². The van der Waals surface area contributed by atoms with Gasteiger partial charge in [-0.25, -0.2) is 0 Å². The van der Waals surface area contributed by atoms with E-state index in [1.165, 1.54) is 25.1 Å². The first-order chi connectivity index (χ1) is 5.36. The van der Waals surface area contributed by atoms with Gasteiger partial charge in [-0.15, -0.1) is 5.16 Å². The summed E-state index contributed by atoms with van der Waals surface area (Å²) in [5, 5.41) is 15.2. The van der Waals surface area contributed by atoms with E-state index in [2.05, 4.69) is 15.1 Å². The first kappa shape index (κ1) is 8.73. The zero-order valence-electron chi connectivity index (χ0n) is 5.93. The highest BCUT2D eigenvalue weighted by molar-refractivity contribution is 8.42. The molecule has 0 aromatic rings. The van der Waals surface area contributed by atoms with Crippen molar-refractivity contribution in [1.82, 2.24) is 0 Å². The molecule has 1 atom stereocenters. The van der Waals surface area contributed by atoms with Gasteiger partial charge in [-0.2, -0.15) is 0 Å². The van der Waals surface area contributed by atoms with E-state index < -0.39 is 0 Å². The summed E-state index contributed by atoms with van der Waals surface area (Å²) in [5.41, 5.74) is 0. The van der Waals surface area contributed by atoms with Gasteiger partial charge in [0.05, 0.1) is 11.5 Å². The second-order valence-corrected chi connectivity index (χ2v) is 4.27. The maximum absolute atomic E-state index is 8.22. The van der Waals surface area contributed by atoms with Crippen molar-refractivity contribution in [1.29, 1.82) is 0 Å². The van der Waals surface area contributed by atoms with Gasteiger partial charge in [-0.1, -0.05) is 28.7 Å². The van der Waals surface area contributed by atoms with Crippen LogP contribution in [0.25, 0.3) is 0 Å². The minimum Gasteiger partial charge on any atom is -0.411 e. The third-order valence-corrected chi connectivity index (χ3v) is 3.59. The zero-order valence-corrected chi connectivity index (χ0v) is 7.56. The fourth-order valence-electron chi connectivity index (χ4n) is 0.621. The Balaban J connectivity index is 2.40. The smallest absolute Gasteiger partial charge is 0.170 e. The lowest BCUT2D eigenvalue weighted by Crippen LogP contribution is -2.01. The predicted octanol–water partition coefficient (Wildman–Crippen LogP) is 1.21. The average molecular weight is 192 g/mol. The van der Waals surface area contributed by atoms with Crippen molar-refractivity contribution < 1.29 is 10.0 Å². The highest BCUT2D eigenvalue weighted by Crippen LogP contribution is 2.31. The highest BCUT2D eigenvalue weighted by atomic mass is 32.2. The standard InChI is InChI=1S/C5H8N2O2S2/c1-9-7-5-10-3-4(11-5)2-6-8/h2,4,8H,3H2,1H3/b6-2+,7-5+. The Labute approximate surface area is 73.0 Å². The van der Waals surface area contributed by atoms with Crippen LogP contribution in [0, 0.1) is 0 Å². The Morgan fingerprint density at radius 3 is 3.27 bits per heavy atom. The maximum Gasteiger partial charge on any atom is 0.170 e. The molecule has 1 saturated heterocycles. The normalized spacial score (nSPS) is 28.5. The van der Waals surface area contributed by atoms with Crippen LogP contribution in [-0.4, -0.2) is 33.9 Å². The van der Waals surface area contributed by atoms with Crippen LogP contribution in [0.5, 0.6) is 0 Å². The summed E-state index contributed by atoms with van der Waals surface area (Å²) in [5.74, 6) is 0.886. The Hall–Kier alpha value is -0.360. The monoisotopic (exact) mass is 192 g/mol. The van der Waals surface area contributed by atoms with Gasteiger partial charge in [0.2, 0.25) is 0 Å². The summed E-state index contributed by atoms with van der Waals surface area (Å²) in [6.45, 7) is 0. The molecule has 0 amide bonds. The molecule has 1 rings (SSSR count). The molecule has 11 heavy (non-hydrogen) atoms. The van der Waals surface area contributed by atoms with Gasteiger partial charge in [-0.3, -0.25) is 0 Å². The minimum atomic E-state index is 0.221. The Kier molecular flexibility index (Phi) is 3.58.